The zero-order valence-electron chi connectivity index (χ0n) is 13.8. The van der Waals surface area contributed by atoms with Crippen LogP contribution < -0.4 is 5.32 Å². The summed E-state index contributed by atoms with van der Waals surface area (Å²) in [6, 6.07) is 0.317. The van der Waals surface area contributed by atoms with Gasteiger partial charge in [-0.2, -0.15) is 5.10 Å². The second kappa shape index (κ2) is 8.49. The molecular formula is C16H30N4O. The first-order valence-electron chi connectivity index (χ1n) is 8.49. The lowest BCUT2D eigenvalue weighted by Gasteiger charge is -2.19. The number of nitrogens with zero attached hydrogens (tertiary/aromatic N) is 3. The summed E-state index contributed by atoms with van der Waals surface area (Å²) in [5, 5.41) is 8.23. The molecule has 120 valence electrons. The molecule has 0 aliphatic carbocycles. The Labute approximate surface area is 128 Å². The Morgan fingerprint density at radius 2 is 2.05 bits per heavy atom. The van der Waals surface area contributed by atoms with E-state index < -0.39 is 0 Å². The third-order valence-electron chi connectivity index (χ3n) is 4.25. The molecule has 0 radical (unpaired) electrons. The van der Waals surface area contributed by atoms with Gasteiger partial charge >= 0.3 is 0 Å². The maximum absolute atomic E-state index is 5.45. The summed E-state index contributed by atoms with van der Waals surface area (Å²) in [7, 11) is 2.03. The average molecular weight is 294 g/mol. The standard InChI is InChI=1S/C16H30N4O/c1-4-6-7-14(17-3)16-18-15(19-20(16)10-5-2)13-8-11-21-12-9-13/h13-14,17H,4-12H2,1-3H3/t14-/m0/s1. The molecule has 0 amide bonds. The van der Waals surface area contributed by atoms with Crippen LogP contribution in [0.4, 0.5) is 0 Å². The molecule has 0 bridgehead atoms. The predicted octanol–water partition coefficient (Wildman–Crippen LogP) is 3.03. The third kappa shape index (κ3) is 4.27. The van der Waals surface area contributed by atoms with Crippen LogP contribution in [0, 0.1) is 0 Å². The molecule has 1 fully saturated rings. The van der Waals surface area contributed by atoms with Gasteiger partial charge in [0.25, 0.3) is 0 Å². The molecule has 1 N–H and O–H groups in total. The van der Waals surface area contributed by atoms with Crippen molar-refractivity contribution in [1.29, 1.82) is 0 Å². The van der Waals surface area contributed by atoms with E-state index in [2.05, 4.69) is 23.8 Å². The molecule has 1 aliphatic rings. The number of ether oxygens (including phenoxy) is 1. The zero-order chi connectivity index (χ0) is 15.1. The van der Waals surface area contributed by atoms with Crippen molar-refractivity contribution in [3.05, 3.63) is 11.6 Å². The fourth-order valence-electron chi connectivity index (χ4n) is 2.95. The highest BCUT2D eigenvalue weighted by molar-refractivity contribution is 5.04. The van der Waals surface area contributed by atoms with Crippen LogP contribution in [0.2, 0.25) is 0 Å². The monoisotopic (exact) mass is 294 g/mol. The first-order chi connectivity index (χ1) is 10.3. The molecule has 1 aliphatic heterocycles. The van der Waals surface area contributed by atoms with Crippen LogP contribution in [-0.4, -0.2) is 35.0 Å². The highest BCUT2D eigenvalue weighted by atomic mass is 16.5. The van der Waals surface area contributed by atoms with Crippen molar-refractivity contribution in [2.24, 2.45) is 0 Å². The molecule has 1 atom stereocenters. The lowest BCUT2D eigenvalue weighted by molar-refractivity contribution is 0.0835. The SMILES string of the molecule is CCCC[C@H](NC)c1nc(C2CCOCC2)nn1CCC. The van der Waals surface area contributed by atoms with Crippen molar-refractivity contribution in [3.63, 3.8) is 0 Å². The minimum Gasteiger partial charge on any atom is -0.381 e. The zero-order valence-corrected chi connectivity index (χ0v) is 13.8. The Hall–Kier alpha value is -0.940. The predicted molar refractivity (Wildman–Crippen MR) is 84.4 cm³/mol. The molecule has 0 unspecified atom stereocenters. The highest BCUT2D eigenvalue weighted by Crippen LogP contribution is 2.26. The normalized spacial score (nSPS) is 18.0. The topological polar surface area (TPSA) is 52.0 Å². The van der Waals surface area contributed by atoms with Crippen molar-refractivity contribution in [3.8, 4) is 0 Å². The van der Waals surface area contributed by atoms with Crippen molar-refractivity contribution < 1.29 is 4.74 Å². The number of aromatic nitrogens is 3. The summed E-state index contributed by atoms with van der Waals surface area (Å²) < 4.78 is 7.58. The molecule has 1 saturated heterocycles. The van der Waals surface area contributed by atoms with Gasteiger partial charge in [-0.15, -0.1) is 0 Å². The van der Waals surface area contributed by atoms with E-state index in [1.54, 1.807) is 0 Å². The van der Waals surface area contributed by atoms with E-state index >= 15 is 0 Å². The van der Waals surface area contributed by atoms with Crippen LogP contribution in [0.25, 0.3) is 0 Å². The number of hydrogen-bond acceptors (Lipinski definition) is 4. The summed E-state index contributed by atoms with van der Waals surface area (Å²) in [5.74, 6) is 2.62. The Kier molecular flexibility index (Phi) is 6.64. The highest BCUT2D eigenvalue weighted by Gasteiger charge is 2.24. The van der Waals surface area contributed by atoms with Gasteiger partial charge in [-0.3, -0.25) is 0 Å². The molecule has 1 aromatic heterocycles. The van der Waals surface area contributed by atoms with E-state index in [1.807, 2.05) is 7.05 Å². The molecule has 0 aromatic carbocycles. The van der Waals surface area contributed by atoms with Gasteiger partial charge in [0.2, 0.25) is 0 Å². The largest absolute Gasteiger partial charge is 0.381 e. The summed E-state index contributed by atoms with van der Waals surface area (Å²) in [6.07, 6.45) is 6.75. The number of unbranched alkanes of at least 4 members (excludes halogenated alkanes) is 1. The third-order valence-corrected chi connectivity index (χ3v) is 4.25. The Morgan fingerprint density at radius 3 is 2.67 bits per heavy atom. The van der Waals surface area contributed by atoms with Crippen molar-refractivity contribution in [2.45, 2.75) is 70.9 Å². The van der Waals surface area contributed by atoms with Gasteiger partial charge in [-0.1, -0.05) is 26.7 Å². The quantitative estimate of drug-likeness (QED) is 0.800. The Bertz CT molecular complexity index is 412. The van der Waals surface area contributed by atoms with Gasteiger partial charge in [-0.05, 0) is 32.7 Å². The fourth-order valence-corrected chi connectivity index (χ4v) is 2.95. The molecule has 2 heterocycles. The molecule has 1 aromatic rings. The van der Waals surface area contributed by atoms with Crippen LogP contribution in [0.15, 0.2) is 0 Å². The molecule has 0 spiro atoms. The van der Waals surface area contributed by atoms with Gasteiger partial charge in [0.15, 0.2) is 5.82 Å². The van der Waals surface area contributed by atoms with E-state index in [9.17, 15) is 0 Å². The van der Waals surface area contributed by atoms with Gasteiger partial charge in [0.1, 0.15) is 5.82 Å². The first kappa shape index (κ1) is 16.4. The van der Waals surface area contributed by atoms with E-state index in [0.717, 1.165) is 57.1 Å². The van der Waals surface area contributed by atoms with Crippen LogP contribution in [0.3, 0.4) is 0 Å². The molecule has 5 heteroatoms. The van der Waals surface area contributed by atoms with Crippen LogP contribution in [-0.2, 0) is 11.3 Å². The van der Waals surface area contributed by atoms with Crippen molar-refractivity contribution >= 4 is 0 Å². The lowest BCUT2D eigenvalue weighted by atomic mass is 10.00. The Balaban J connectivity index is 2.18. The van der Waals surface area contributed by atoms with Gasteiger partial charge < -0.3 is 10.1 Å². The van der Waals surface area contributed by atoms with Crippen LogP contribution >= 0.6 is 0 Å². The second-order valence-corrected chi connectivity index (χ2v) is 5.92. The molecule has 2 rings (SSSR count). The molecule has 21 heavy (non-hydrogen) atoms. The van der Waals surface area contributed by atoms with E-state index in [-0.39, 0.29) is 0 Å². The van der Waals surface area contributed by atoms with Gasteiger partial charge in [0.05, 0.1) is 6.04 Å². The van der Waals surface area contributed by atoms with Gasteiger partial charge in [0, 0.05) is 25.7 Å². The number of aryl methyl sites for hydroxylation is 1. The van der Waals surface area contributed by atoms with Crippen molar-refractivity contribution in [2.75, 3.05) is 20.3 Å². The van der Waals surface area contributed by atoms with E-state index in [1.165, 1.54) is 12.8 Å². The minimum absolute atomic E-state index is 0.317. The summed E-state index contributed by atoms with van der Waals surface area (Å²) in [5.41, 5.74) is 0. The van der Waals surface area contributed by atoms with Gasteiger partial charge in [-0.25, -0.2) is 9.67 Å². The lowest BCUT2D eigenvalue weighted by Crippen LogP contribution is -2.21. The summed E-state index contributed by atoms with van der Waals surface area (Å²) >= 11 is 0. The van der Waals surface area contributed by atoms with Crippen molar-refractivity contribution in [1.82, 2.24) is 20.1 Å². The first-order valence-corrected chi connectivity index (χ1v) is 8.49. The number of nitrogens with one attached hydrogen (secondary N) is 1. The summed E-state index contributed by atoms with van der Waals surface area (Å²) in [6.45, 7) is 7.06. The number of hydrogen-bond donors (Lipinski definition) is 1. The average Bonchev–Trinajstić information content (AvgIpc) is 2.93. The summed E-state index contributed by atoms with van der Waals surface area (Å²) in [4.78, 5) is 4.91. The molecule has 0 saturated carbocycles. The molecule has 5 nitrogen and oxygen atoms in total. The number of rotatable bonds is 8. The maximum atomic E-state index is 5.45. The minimum atomic E-state index is 0.317. The Morgan fingerprint density at radius 1 is 1.29 bits per heavy atom. The van der Waals surface area contributed by atoms with Crippen LogP contribution in [0.1, 0.15) is 76.0 Å². The maximum Gasteiger partial charge on any atom is 0.154 e. The molecular weight excluding hydrogens is 264 g/mol. The van der Waals surface area contributed by atoms with Crippen LogP contribution in [0.5, 0.6) is 0 Å². The second-order valence-electron chi connectivity index (χ2n) is 5.92. The fraction of sp³-hybridized carbons (Fsp3) is 0.875. The van der Waals surface area contributed by atoms with E-state index in [0.29, 0.717) is 12.0 Å². The van der Waals surface area contributed by atoms with E-state index in [4.69, 9.17) is 14.8 Å². The smallest absolute Gasteiger partial charge is 0.154 e.